The van der Waals surface area contributed by atoms with E-state index in [0.717, 1.165) is 11.3 Å². The summed E-state index contributed by atoms with van der Waals surface area (Å²) in [6, 6.07) is 13.7. The van der Waals surface area contributed by atoms with E-state index >= 15 is 0 Å². The summed E-state index contributed by atoms with van der Waals surface area (Å²) in [5.41, 5.74) is 1.93. The van der Waals surface area contributed by atoms with E-state index in [-0.39, 0.29) is 35.1 Å². The normalized spacial score (nSPS) is 19.7. The smallest absolute Gasteiger partial charge is 0.240 e. The average molecular weight is 472 g/mol. The van der Waals surface area contributed by atoms with Crippen molar-refractivity contribution < 1.29 is 22.7 Å². The number of amides is 2. The third-order valence-electron chi connectivity index (χ3n) is 6.32. The van der Waals surface area contributed by atoms with Crippen LogP contribution in [0.4, 0.5) is 5.69 Å². The Kier molecular flexibility index (Phi) is 6.71. The minimum Gasteiger partial charge on any atom is -0.497 e. The number of sulfonamides is 1. The molecule has 0 aromatic heterocycles. The number of ether oxygens (including phenoxy) is 1. The van der Waals surface area contributed by atoms with Gasteiger partial charge in [0.2, 0.25) is 21.8 Å². The molecule has 176 valence electrons. The van der Waals surface area contributed by atoms with Crippen molar-refractivity contribution >= 4 is 27.5 Å². The number of benzene rings is 2. The van der Waals surface area contributed by atoms with Crippen molar-refractivity contribution in [1.82, 2.24) is 9.62 Å². The zero-order chi connectivity index (χ0) is 23.6. The molecule has 4 rings (SSSR count). The van der Waals surface area contributed by atoms with Gasteiger partial charge in [-0.15, -0.1) is 0 Å². The fourth-order valence-corrected chi connectivity index (χ4v) is 5.67. The molecule has 2 aromatic rings. The highest BCUT2D eigenvalue weighted by Crippen LogP contribution is 2.28. The monoisotopic (exact) mass is 471 g/mol. The Morgan fingerprint density at radius 1 is 1.03 bits per heavy atom. The predicted octanol–water partition coefficient (Wildman–Crippen LogP) is 2.33. The van der Waals surface area contributed by atoms with Gasteiger partial charge in [-0.25, -0.2) is 13.1 Å². The van der Waals surface area contributed by atoms with E-state index in [2.05, 4.69) is 4.72 Å². The highest BCUT2D eigenvalue weighted by Gasteiger charge is 2.38. The van der Waals surface area contributed by atoms with E-state index in [1.54, 1.807) is 21.9 Å². The van der Waals surface area contributed by atoms with Gasteiger partial charge in [-0.2, -0.15) is 0 Å². The summed E-state index contributed by atoms with van der Waals surface area (Å²) >= 11 is 0. The number of nitrogens with zero attached hydrogens (tertiary/aromatic N) is 2. The summed E-state index contributed by atoms with van der Waals surface area (Å²) in [5, 5.41) is 0. The Balaban J connectivity index is 1.31. The van der Waals surface area contributed by atoms with Gasteiger partial charge >= 0.3 is 0 Å². The van der Waals surface area contributed by atoms with Gasteiger partial charge in [0.25, 0.3) is 0 Å². The van der Waals surface area contributed by atoms with Crippen molar-refractivity contribution in [2.45, 2.75) is 37.1 Å². The summed E-state index contributed by atoms with van der Waals surface area (Å²) in [4.78, 5) is 29.2. The minimum absolute atomic E-state index is 0.0329. The average Bonchev–Trinajstić information content (AvgIpc) is 3.21. The van der Waals surface area contributed by atoms with Crippen molar-refractivity contribution in [2.24, 2.45) is 5.92 Å². The molecule has 2 amide bonds. The van der Waals surface area contributed by atoms with E-state index in [1.807, 2.05) is 31.2 Å². The number of nitrogens with one attached hydrogen (secondary N) is 1. The summed E-state index contributed by atoms with van der Waals surface area (Å²) in [5.74, 6) is 0.146. The number of aryl methyl sites for hydroxylation is 1. The number of likely N-dealkylation sites (tertiary alicyclic amines) is 1. The molecule has 2 fully saturated rings. The van der Waals surface area contributed by atoms with E-state index in [0.29, 0.717) is 38.2 Å². The summed E-state index contributed by atoms with van der Waals surface area (Å²) in [7, 11) is -2.12. The predicted molar refractivity (Wildman–Crippen MR) is 125 cm³/mol. The van der Waals surface area contributed by atoms with Crippen molar-refractivity contribution in [3.05, 3.63) is 54.1 Å². The maximum atomic E-state index is 13.0. The number of carbonyl (C=O) groups is 2. The van der Waals surface area contributed by atoms with Crippen LogP contribution >= 0.6 is 0 Å². The topological polar surface area (TPSA) is 96.0 Å². The Bertz CT molecular complexity index is 1110. The first-order valence-corrected chi connectivity index (χ1v) is 12.6. The third-order valence-corrected chi connectivity index (χ3v) is 7.85. The van der Waals surface area contributed by atoms with Crippen molar-refractivity contribution in [2.75, 3.05) is 31.6 Å². The molecule has 33 heavy (non-hydrogen) atoms. The van der Waals surface area contributed by atoms with Crippen LogP contribution in [-0.2, 0) is 19.6 Å². The molecule has 0 aliphatic carbocycles. The first-order chi connectivity index (χ1) is 15.8. The van der Waals surface area contributed by atoms with E-state index in [4.69, 9.17) is 4.74 Å². The van der Waals surface area contributed by atoms with Gasteiger partial charge in [0.15, 0.2) is 0 Å². The van der Waals surface area contributed by atoms with Gasteiger partial charge in [0, 0.05) is 37.8 Å². The fourth-order valence-electron chi connectivity index (χ4n) is 4.37. The number of carbonyl (C=O) groups excluding carboxylic acids is 2. The third kappa shape index (κ3) is 5.20. The van der Waals surface area contributed by atoms with E-state index < -0.39 is 10.0 Å². The SMILES string of the molecule is COc1ccc(S(=O)(=O)NC2CCN(C(=O)[C@H]3CC(=O)N(c4ccc(C)cc4)C3)CC2)cc1. The summed E-state index contributed by atoms with van der Waals surface area (Å²) in [6.45, 7) is 3.29. The number of rotatable bonds is 6. The van der Waals surface area contributed by atoms with Crippen LogP contribution in [0.1, 0.15) is 24.8 Å². The van der Waals surface area contributed by atoms with Gasteiger partial charge in [-0.1, -0.05) is 17.7 Å². The van der Waals surface area contributed by atoms with Gasteiger partial charge in [0.1, 0.15) is 5.75 Å². The maximum absolute atomic E-state index is 13.0. The molecule has 0 saturated carbocycles. The van der Waals surface area contributed by atoms with Crippen LogP contribution < -0.4 is 14.4 Å². The first-order valence-electron chi connectivity index (χ1n) is 11.1. The van der Waals surface area contributed by atoms with Crippen molar-refractivity contribution in [3.8, 4) is 5.75 Å². The van der Waals surface area contributed by atoms with Crippen LogP contribution in [0.25, 0.3) is 0 Å². The standard InChI is InChI=1S/C24H29N3O5S/c1-17-3-5-20(6-4-17)27-16-18(15-23(27)28)24(29)26-13-11-19(12-14-26)25-33(30,31)22-9-7-21(32-2)8-10-22/h3-10,18-19,25H,11-16H2,1-2H3/t18-/m0/s1. The van der Waals surface area contributed by atoms with Crippen LogP contribution in [0, 0.1) is 12.8 Å². The number of hydrogen-bond donors (Lipinski definition) is 1. The molecule has 9 heteroatoms. The number of anilines is 1. The Labute approximate surface area is 194 Å². The van der Waals surface area contributed by atoms with Crippen LogP contribution in [0.3, 0.4) is 0 Å². The Hall–Kier alpha value is -2.91. The molecule has 1 N–H and O–H groups in total. The van der Waals surface area contributed by atoms with Crippen molar-refractivity contribution in [3.63, 3.8) is 0 Å². The van der Waals surface area contributed by atoms with Crippen LogP contribution in [-0.4, -0.2) is 57.9 Å². The summed E-state index contributed by atoms with van der Waals surface area (Å²) < 4.78 is 33.2. The molecular weight excluding hydrogens is 442 g/mol. The molecule has 2 aromatic carbocycles. The lowest BCUT2D eigenvalue weighted by molar-refractivity contribution is -0.136. The second kappa shape index (κ2) is 9.52. The Morgan fingerprint density at radius 3 is 2.27 bits per heavy atom. The summed E-state index contributed by atoms with van der Waals surface area (Å²) in [6.07, 6.45) is 1.27. The number of piperidine rings is 1. The van der Waals surface area contributed by atoms with Crippen LogP contribution in [0.2, 0.25) is 0 Å². The molecule has 2 aliphatic rings. The fraction of sp³-hybridized carbons (Fsp3) is 0.417. The molecule has 0 unspecified atom stereocenters. The highest BCUT2D eigenvalue weighted by atomic mass is 32.2. The van der Waals surface area contributed by atoms with Gasteiger partial charge < -0.3 is 14.5 Å². The van der Waals surface area contributed by atoms with Crippen LogP contribution in [0.5, 0.6) is 5.75 Å². The molecular formula is C24H29N3O5S. The quantitative estimate of drug-likeness (QED) is 0.698. The lowest BCUT2D eigenvalue weighted by Crippen LogP contribution is -2.48. The molecule has 2 heterocycles. The molecule has 0 radical (unpaired) electrons. The lowest BCUT2D eigenvalue weighted by atomic mass is 10.0. The molecule has 8 nitrogen and oxygen atoms in total. The van der Waals surface area contributed by atoms with Gasteiger partial charge in [-0.3, -0.25) is 9.59 Å². The zero-order valence-corrected chi connectivity index (χ0v) is 19.7. The van der Waals surface area contributed by atoms with E-state index in [1.165, 1.54) is 19.2 Å². The van der Waals surface area contributed by atoms with Gasteiger partial charge in [-0.05, 0) is 56.2 Å². The second-order valence-electron chi connectivity index (χ2n) is 8.64. The molecule has 1 atom stereocenters. The molecule has 2 aliphatic heterocycles. The molecule has 0 spiro atoms. The van der Waals surface area contributed by atoms with Gasteiger partial charge in [0.05, 0.1) is 17.9 Å². The molecule has 0 bridgehead atoms. The minimum atomic E-state index is -3.65. The number of hydrogen-bond acceptors (Lipinski definition) is 5. The Morgan fingerprint density at radius 2 is 1.67 bits per heavy atom. The highest BCUT2D eigenvalue weighted by molar-refractivity contribution is 7.89. The largest absolute Gasteiger partial charge is 0.497 e. The van der Waals surface area contributed by atoms with E-state index in [9.17, 15) is 18.0 Å². The maximum Gasteiger partial charge on any atom is 0.240 e. The van der Waals surface area contributed by atoms with Crippen LogP contribution in [0.15, 0.2) is 53.4 Å². The first kappa shape index (κ1) is 23.3. The lowest BCUT2D eigenvalue weighted by Gasteiger charge is -2.33. The zero-order valence-electron chi connectivity index (χ0n) is 18.9. The number of methoxy groups -OCH3 is 1. The second-order valence-corrected chi connectivity index (χ2v) is 10.4. The molecule has 2 saturated heterocycles. The van der Waals surface area contributed by atoms with Crippen molar-refractivity contribution in [1.29, 1.82) is 0 Å².